The van der Waals surface area contributed by atoms with Crippen molar-refractivity contribution in [3.8, 4) is 0 Å². The minimum Gasteiger partial charge on any atom is -0.261 e. The highest BCUT2D eigenvalue weighted by atomic mass is 32.2. The van der Waals surface area contributed by atoms with Crippen LogP contribution in [-0.2, 0) is 12.8 Å². The van der Waals surface area contributed by atoms with Gasteiger partial charge < -0.3 is 0 Å². The Morgan fingerprint density at radius 2 is 1.75 bits per heavy atom. The molecular formula is C15H20N4S. The van der Waals surface area contributed by atoms with E-state index >= 15 is 0 Å². The maximum absolute atomic E-state index is 4.39. The Morgan fingerprint density at radius 3 is 2.40 bits per heavy atom. The van der Waals surface area contributed by atoms with Crippen molar-refractivity contribution >= 4 is 11.8 Å². The van der Waals surface area contributed by atoms with Crippen molar-refractivity contribution in [2.75, 3.05) is 6.26 Å². The van der Waals surface area contributed by atoms with Crippen LogP contribution in [0.15, 0.2) is 35.9 Å². The van der Waals surface area contributed by atoms with Gasteiger partial charge in [0.15, 0.2) is 0 Å². The standard InChI is InChI=1S/C15H20N4S/c1-12(3-5-13-9-16-7-8-17-13)4-6-15-18-10-14(20-2)11-19-15/h7-12H,3-6H2,1-2H3. The molecule has 2 heterocycles. The topological polar surface area (TPSA) is 51.6 Å². The Morgan fingerprint density at radius 1 is 1.00 bits per heavy atom. The van der Waals surface area contributed by atoms with Crippen LogP contribution in [0.25, 0.3) is 0 Å². The first-order chi connectivity index (χ1) is 9.78. The van der Waals surface area contributed by atoms with E-state index in [9.17, 15) is 0 Å². The largest absolute Gasteiger partial charge is 0.261 e. The normalized spacial score (nSPS) is 12.3. The SMILES string of the molecule is CSc1cnc(CCC(C)CCc2cnccn2)nc1. The predicted octanol–water partition coefficient (Wildman–Crippen LogP) is 3.19. The van der Waals surface area contributed by atoms with Crippen molar-refractivity contribution in [1.82, 2.24) is 19.9 Å². The van der Waals surface area contributed by atoms with E-state index in [1.165, 1.54) is 0 Å². The minimum atomic E-state index is 0.640. The number of aromatic nitrogens is 4. The van der Waals surface area contributed by atoms with Crippen LogP contribution in [0.2, 0.25) is 0 Å². The van der Waals surface area contributed by atoms with Gasteiger partial charge >= 0.3 is 0 Å². The van der Waals surface area contributed by atoms with Crippen molar-refractivity contribution in [2.45, 2.75) is 37.5 Å². The monoisotopic (exact) mass is 288 g/mol. The summed E-state index contributed by atoms with van der Waals surface area (Å²) in [4.78, 5) is 18.3. The molecule has 0 spiro atoms. The molecule has 0 aliphatic carbocycles. The van der Waals surface area contributed by atoms with E-state index in [1.54, 1.807) is 24.2 Å². The molecule has 2 aromatic heterocycles. The third kappa shape index (κ3) is 4.89. The first-order valence-electron chi connectivity index (χ1n) is 6.87. The zero-order valence-electron chi connectivity index (χ0n) is 12.0. The fourth-order valence-electron chi connectivity index (χ4n) is 1.95. The highest BCUT2D eigenvalue weighted by Gasteiger charge is 2.06. The smallest absolute Gasteiger partial charge is 0.128 e. The summed E-state index contributed by atoms with van der Waals surface area (Å²) in [6.07, 6.45) is 15.3. The molecule has 5 heteroatoms. The molecule has 0 aliphatic rings. The van der Waals surface area contributed by atoms with Crippen LogP contribution in [0.3, 0.4) is 0 Å². The van der Waals surface area contributed by atoms with E-state index in [1.807, 2.05) is 24.8 Å². The molecule has 106 valence electrons. The summed E-state index contributed by atoms with van der Waals surface area (Å²) in [7, 11) is 0. The molecule has 0 N–H and O–H groups in total. The second kappa shape index (κ2) is 7.94. The second-order valence-electron chi connectivity index (χ2n) is 4.92. The lowest BCUT2D eigenvalue weighted by atomic mass is 9.99. The van der Waals surface area contributed by atoms with Gasteiger partial charge in [0.1, 0.15) is 5.82 Å². The number of hydrogen-bond donors (Lipinski definition) is 0. The third-order valence-electron chi connectivity index (χ3n) is 3.29. The van der Waals surface area contributed by atoms with Gasteiger partial charge in [0, 0.05) is 42.3 Å². The molecular weight excluding hydrogens is 268 g/mol. The molecule has 2 rings (SSSR count). The van der Waals surface area contributed by atoms with Crippen molar-refractivity contribution in [3.05, 3.63) is 42.5 Å². The lowest BCUT2D eigenvalue weighted by Gasteiger charge is -2.10. The van der Waals surface area contributed by atoms with Crippen LogP contribution >= 0.6 is 11.8 Å². The van der Waals surface area contributed by atoms with Crippen molar-refractivity contribution < 1.29 is 0 Å². The quantitative estimate of drug-likeness (QED) is 0.732. The van der Waals surface area contributed by atoms with E-state index in [4.69, 9.17) is 0 Å². The maximum atomic E-state index is 4.39. The molecule has 0 amide bonds. The first kappa shape index (κ1) is 14.9. The van der Waals surface area contributed by atoms with E-state index in [0.29, 0.717) is 5.92 Å². The highest BCUT2D eigenvalue weighted by molar-refractivity contribution is 7.98. The number of nitrogens with zero attached hydrogens (tertiary/aromatic N) is 4. The number of hydrogen-bond acceptors (Lipinski definition) is 5. The minimum absolute atomic E-state index is 0.640. The van der Waals surface area contributed by atoms with Crippen LogP contribution < -0.4 is 0 Å². The van der Waals surface area contributed by atoms with Crippen LogP contribution in [0.1, 0.15) is 31.3 Å². The van der Waals surface area contributed by atoms with Gasteiger partial charge in [-0.15, -0.1) is 11.8 Å². The van der Waals surface area contributed by atoms with E-state index in [2.05, 4.69) is 26.9 Å². The molecule has 1 atom stereocenters. The summed E-state index contributed by atoms with van der Waals surface area (Å²) < 4.78 is 0. The zero-order valence-corrected chi connectivity index (χ0v) is 12.8. The summed E-state index contributed by atoms with van der Waals surface area (Å²) in [6.45, 7) is 2.27. The number of rotatable bonds is 7. The van der Waals surface area contributed by atoms with Gasteiger partial charge in [-0.1, -0.05) is 6.92 Å². The molecule has 0 aromatic carbocycles. The molecule has 0 saturated heterocycles. The predicted molar refractivity (Wildman–Crippen MR) is 81.7 cm³/mol. The Balaban J connectivity index is 1.73. The van der Waals surface area contributed by atoms with Gasteiger partial charge in [0.25, 0.3) is 0 Å². The van der Waals surface area contributed by atoms with E-state index in [-0.39, 0.29) is 0 Å². The first-order valence-corrected chi connectivity index (χ1v) is 8.10. The number of thioether (sulfide) groups is 1. The maximum Gasteiger partial charge on any atom is 0.128 e. The van der Waals surface area contributed by atoms with Crippen LogP contribution in [0, 0.1) is 5.92 Å². The van der Waals surface area contributed by atoms with Gasteiger partial charge in [0.2, 0.25) is 0 Å². The lowest BCUT2D eigenvalue weighted by Crippen LogP contribution is -2.03. The number of aryl methyl sites for hydroxylation is 2. The van der Waals surface area contributed by atoms with E-state index in [0.717, 1.165) is 42.1 Å². The molecule has 0 fully saturated rings. The van der Waals surface area contributed by atoms with Gasteiger partial charge in [-0.3, -0.25) is 9.97 Å². The summed E-state index contributed by atoms with van der Waals surface area (Å²) in [5.41, 5.74) is 1.07. The van der Waals surface area contributed by atoms with Crippen molar-refractivity contribution in [3.63, 3.8) is 0 Å². The Bertz CT molecular complexity index is 501. The molecule has 0 saturated carbocycles. The van der Waals surface area contributed by atoms with Gasteiger partial charge in [-0.25, -0.2) is 9.97 Å². The summed E-state index contributed by atoms with van der Waals surface area (Å²) in [5, 5.41) is 0. The average molecular weight is 288 g/mol. The average Bonchev–Trinajstić information content (AvgIpc) is 2.52. The Kier molecular flexibility index (Phi) is 5.92. The Hall–Kier alpha value is -1.49. The zero-order chi connectivity index (χ0) is 14.2. The Labute approximate surface area is 124 Å². The summed E-state index contributed by atoms with van der Waals surface area (Å²) in [6, 6.07) is 0. The molecule has 2 aromatic rings. The van der Waals surface area contributed by atoms with Crippen LogP contribution in [0.4, 0.5) is 0 Å². The summed E-state index contributed by atoms with van der Waals surface area (Å²) in [5.74, 6) is 1.58. The van der Waals surface area contributed by atoms with E-state index < -0.39 is 0 Å². The second-order valence-corrected chi connectivity index (χ2v) is 5.80. The molecule has 0 bridgehead atoms. The molecule has 20 heavy (non-hydrogen) atoms. The van der Waals surface area contributed by atoms with Crippen molar-refractivity contribution in [2.24, 2.45) is 5.92 Å². The van der Waals surface area contributed by atoms with Gasteiger partial charge in [-0.2, -0.15) is 0 Å². The van der Waals surface area contributed by atoms with Gasteiger partial charge in [0.05, 0.1) is 5.69 Å². The fraction of sp³-hybridized carbons (Fsp3) is 0.467. The molecule has 4 nitrogen and oxygen atoms in total. The van der Waals surface area contributed by atoms with Crippen LogP contribution in [-0.4, -0.2) is 26.2 Å². The van der Waals surface area contributed by atoms with Gasteiger partial charge in [-0.05, 0) is 31.4 Å². The van der Waals surface area contributed by atoms with Crippen molar-refractivity contribution in [1.29, 1.82) is 0 Å². The molecule has 0 aliphatic heterocycles. The highest BCUT2D eigenvalue weighted by Crippen LogP contribution is 2.15. The molecule has 0 radical (unpaired) electrons. The third-order valence-corrected chi connectivity index (χ3v) is 3.97. The molecule has 1 unspecified atom stereocenters. The lowest BCUT2D eigenvalue weighted by molar-refractivity contribution is 0.483. The fourth-order valence-corrected chi connectivity index (χ4v) is 2.27. The summed E-state index contributed by atoms with van der Waals surface area (Å²) >= 11 is 1.67. The van der Waals surface area contributed by atoms with Crippen LogP contribution in [0.5, 0.6) is 0 Å².